The number of benzene rings is 1. The van der Waals surface area contributed by atoms with Gasteiger partial charge in [0.05, 0.1) is 11.1 Å². The lowest BCUT2D eigenvalue weighted by Gasteiger charge is -2.12. The molecule has 0 amide bonds. The molecule has 0 aliphatic carbocycles. The minimum Gasteiger partial charge on any atom is -0.478 e. The van der Waals surface area contributed by atoms with Crippen molar-refractivity contribution in [3.05, 3.63) is 28.3 Å². The van der Waals surface area contributed by atoms with Gasteiger partial charge < -0.3 is 10.2 Å². The minimum atomic E-state index is -4.49. The summed E-state index contributed by atoms with van der Waals surface area (Å²) in [6.07, 6.45) is 0. The van der Waals surface area contributed by atoms with E-state index in [1.165, 1.54) is 19.9 Å². The molecule has 0 radical (unpaired) electrons. The Balaban J connectivity index is 4.02. The third-order valence-electron chi connectivity index (χ3n) is 2.35. The van der Waals surface area contributed by atoms with Crippen molar-refractivity contribution >= 4 is 31.7 Å². The predicted octanol–water partition coefficient (Wildman–Crippen LogP) is 1.63. The van der Waals surface area contributed by atoms with Gasteiger partial charge in [0.15, 0.2) is 0 Å². The lowest BCUT2D eigenvalue weighted by atomic mass is 10.00. The Bertz CT molecular complexity index is 609. The SMILES string of the molecule is Cc1cc(C)c(C(=O)O)c(S(=O)(=O)Cl)c1C(=O)O. The van der Waals surface area contributed by atoms with Gasteiger partial charge in [-0.05, 0) is 25.0 Å². The summed E-state index contributed by atoms with van der Waals surface area (Å²) in [5.74, 6) is -3.09. The lowest BCUT2D eigenvalue weighted by molar-refractivity contribution is 0.0688. The van der Waals surface area contributed by atoms with Gasteiger partial charge >= 0.3 is 11.9 Å². The number of carbonyl (C=O) groups is 2. The van der Waals surface area contributed by atoms with Gasteiger partial charge in [0.1, 0.15) is 4.90 Å². The highest BCUT2D eigenvalue weighted by Gasteiger charge is 2.30. The number of halogens is 1. The predicted molar refractivity (Wildman–Crippen MR) is 62.9 cm³/mol. The summed E-state index contributed by atoms with van der Waals surface area (Å²) in [5, 5.41) is 18.0. The third-order valence-corrected chi connectivity index (χ3v) is 3.71. The zero-order valence-electron chi connectivity index (χ0n) is 9.39. The molecule has 0 aliphatic heterocycles. The molecule has 0 aromatic heterocycles. The fourth-order valence-corrected chi connectivity index (χ4v) is 3.17. The standard InChI is InChI=1S/C10H9ClO6S/c1-4-3-5(2)7(10(14)15)8(18(11,16)17)6(4)9(12)13/h3H,1-2H3,(H,12,13)(H,14,15). The van der Waals surface area contributed by atoms with Crippen molar-refractivity contribution in [1.82, 2.24) is 0 Å². The van der Waals surface area contributed by atoms with E-state index < -0.39 is 37.0 Å². The van der Waals surface area contributed by atoms with Crippen molar-refractivity contribution < 1.29 is 28.2 Å². The van der Waals surface area contributed by atoms with Crippen LogP contribution in [0.5, 0.6) is 0 Å². The van der Waals surface area contributed by atoms with E-state index in [9.17, 15) is 18.0 Å². The molecule has 0 atom stereocenters. The smallest absolute Gasteiger partial charge is 0.337 e. The average molecular weight is 293 g/mol. The van der Waals surface area contributed by atoms with Gasteiger partial charge in [-0.3, -0.25) is 0 Å². The summed E-state index contributed by atoms with van der Waals surface area (Å²) < 4.78 is 22.9. The molecule has 0 fully saturated rings. The van der Waals surface area contributed by atoms with Crippen LogP contribution < -0.4 is 0 Å². The van der Waals surface area contributed by atoms with Gasteiger partial charge in [-0.2, -0.15) is 0 Å². The molecule has 1 aromatic carbocycles. The van der Waals surface area contributed by atoms with Crippen LogP contribution in [-0.4, -0.2) is 30.6 Å². The number of aryl methyl sites for hydroxylation is 2. The molecule has 18 heavy (non-hydrogen) atoms. The van der Waals surface area contributed by atoms with Gasteiger partial charge in [-0.1, -0.05) is 6.07 Å². The summed E-state index contributed by atoms with van der Waals surface area (Å²) in [6.45, 7) is 2.74. The molecule has 6 nitrogen and oxygen atoms in total. The van der Waals surface area contributed by atoms with Crippen LogP contribution >= 0.6 is 10.7 Å². The second-order valence-electron chi connectivity index (χ2n) is 3.64. The van der Waals surface area contributed by atoms with E-state index in [1.807, 2.05) is 0 Å². The van der Waals surface area contributed by atoms with E-state index >= 15 is 0 Å². The normalized spacial score (nSPS) is 11.3. The Morgan fingerprint density at radius 1 is 1.06 bits per heavy atom. The first kappa shape index (κ1) is 14.5. The number of aromatic carboxylic acids is 2. The van der Waals surface area contributed by atoms with Gasteiger partial charge in [0.25, 0.3) is 9.05 Å². The van der Waals surface area contributed by atoms with Gasteiger partial charge in [-0.25, -0.2) is 18.0 Å². The maximum Gasteiger partial charge on any atom is 0.337 e. The molecule has 1 aromatic rings. The van der Waals surface area contributed by atoms with Gasteiger partial charge in [0, 0.05) is 10.7 Å². The third kappa shape index (κ3) is 2.46. The fraction of sp³-hybridized carbons (Fsp3) is 0.200. The van der Waals surface area contributed by atoms with Gasteiger partial charge in [0.2, 0.25) is 0 Å². The Labute approximate surface area is 107 Å². The van der Waals surface area contributed by atoms with Crippen LogP contribution in [0, 0.1) is 13.8 Å². The molecule has 1 rings (SSSR count). The zero-order chi connectivity index (χ0) is 14.2. The number of carboxylic acids is 2. The first-order valence-corrected chi connectivity index (χ1v) is 6.93. The van der Waals surface area contributed by atoms with Crippen LogP contribution in [-0.2, 0) is 9.05 Å². The summed E-state index contributed by atoms with van der Waals surface area (Å²) >= 11 is 0. The molecule has 0 unspecified atom stereocenters. The molecular weight excluding hydrogens is 284 g/mol. The molecular formula is C10H9ClO6S. The van der Waals surface area contributed by atoms with Gasteiger partial charge in [-0.15, -0.1) is 0 Å². The Hall–Kier alpha value is -1.60. The highest BCUT2D eigenvalue weighted by Crippen LogP contribution is 2.30. The molecule has 98 valence electrons. The van der Waals surface area contributed by atoms with E-state index in [-0.39, 0.29) is 11.1 Å². The van der Waals surface area contributed by atoms with Crippen molar-refractivity contribution in [3.63, 3.8) is 0 Å². The van der Waals surface area contributed by atoms with E-state index in [4.69, 9.17) is 20.9 Å². The van der Waals surface area contributed by atoms with E-state index in [0.29, 0.717) is 0 Å². The number of hydrogen-bond donors (Lipinski definition) is 2. The van der Waals surface area contributed by atoms with Crippen molar-refractivity contribution in [2.45, 2.75) is 18.7 Å². The summed E-state index contributed by atoms with van der Waals surface area (Å²) in [6, 6.07) is 1.29. The van der Waals surface area contributed by atoms with Crippen LogP contribution in [0.4, 0.5) is 0 Å². The monoisotopic (exact) mass is 292 g/mol. The van der Waals surface area contributed by atoms with Crippen molar-refractivity contribution in [3.8, 4) is 0 Å². The molecule has 0 aliphatic rings. The maximum atomic E-state index is 11.4. The Morgan fingerprint density at radius 2 is 1.39 bits per heavy atom. The fourth-order valence-electron chi connectivity index (χ4n) is 1.73. The number of hydrogen-bond acceptors (Lipinski definition) is 4. The number of rotatable bonds is 3. The first-order valence-electron chi connectivity index (χ1n) is 4.62. The van der Waals surface area contributed by atoms with Crippen molar-refractivity contribution in [1.29, 1.82) is 0 Å². The molecule has 8 heteroatoms. The molecule has 0 saturated heterocycles. The maximum absolute atomic E-state index is 11.4. The minimum absolute atomic E-state index is 0.129. The second-order valence-corrected chi connectivity index (χ2v) is 6.14. The summed E-state index contributed by atoms with van der Waals surface area (Å²) in [4.78, 5) is 21.2. The van der Waals surface area contributed by atoms with Crippen LogP contribution in [0.1, 0.15) is 31.8 Å². The van der Waals surface area contributed by atoms with Crippen LogP contribution in [0.25, 0.3) is 0 Å². The van der Waals surface area contributed by atoms with E-state index in [0.717, 1.165) is 0 Å². The number of carboxylic acid groups (broad SMARTS) is 2. The van der Waals surface area contributed by atoms with Crippen molar-refractivity contribution in [2.24, 2.45) is 0 Å². The summed E-state index contributed by atoms with van der Waals surface area (Å²) in [7, 11) is 0.658. The topological polar surface area (TPSA) is 109 Å². The molecule has 2 N–H and O–H groups in total. The zero-order valence-corrected chi connectivity index (χ0v) is 11.0. The van der Waals surface area contributed by atoms with Crippen molar-refractivity contribution in [2.75, 3.05) is 0 Å². The average Bonchev–Trinajstić information content (AvgIpc) is 2.13. The highest BCUT2D eigenvalue weighted by atomic mass is 35.7. The van der Waals surface area contributed by atoms with Crippen LogP contribution in [0.15, 0.2) is 11.0 Å². The molecule has 0 spiro atoms. The lowest BCUT2D eigenvalue weighted by Crippen LogP contribution is -2.15. The largest absolute Gasteiger partial charge is 0.478 e. The molecule has 0 saturated carbocycles. The molecule has 0 heterocycles. The second kappa shape index (κ2) is 4.58. The van der Waals surface area contributed by atoms with Crippen LogP contribution in [0.3, 0.4) is 0 Å². The quantitative estimate of drug-likeness (QED) is 0.820. The first-order chi connectivity index (χ1) is 8.07. The molecule has 0 bridgehead atoms. The van der Waals surface area contributed by atoms with E-state index in [1.54, 1.807) is 0 Å². The van der Waals surface area contributed by atoms with Crippen LogP contribution in [0.2, 0.25) is 0 Å². The highest BCUT2D eigenvalue weighted by molar-refractivity contribution is 8.13. The summed E-state index contributed by atoms with van der Waals surface area (Å²) in [5.41, 5.74) is -0.977. The Morgan fingerprint density at radius 3 is 1.61 bits per heavy atom. The van der Waals surface area contributed by atoms with E-state index in [2.05, 4.69) is 0 Å². The Kier molecular flexibility index (Phi) is 3.68.